The molecule has 1 unspecified atom stereocenters. The van der Waals surface area contributed by atoms with Gasteiger partial charge in [0.2, 0.25) is 0 Å². The maximum Gasteiger partial charge on any atom is 1.00 e. The molecule has 0 fully saturated rings. The van der Waals surface area contributed by atoms with Gasteiger partial charge in [0, 0.05) is 7.37 Å². The van der Waals surface area contributed by atoms with Crippen molar-refractivity contribution in [3.8, 4) is 0 Å². The van der Waals surface area contributed by atoms with Crippen LogP contribution in [0.1, 0.15) is 0 Å². The van der Waals surface area contributed by atoms with Gasteiger partial charge in [0.05, 0.1) is 0 Å². The minimum Gasteiger partial charge on any atom is -0.796 e. The molecule has 0 N–H and O–H groups in total. The minimum absolute atomic E-state index is 0. The molecule has 1 aromatic rings. The zero-order valence-electron chi connectivity index (χ0n) is 6.65. The SMILES string of the molecule is CP(=O)([O-])c1ccccc1.[K+]. The Hall–Kier alpha value is 1.05. The Balaban J connectivity index is 0.000001000. The van der Waals surface area contributed by atoms with Crippen LogP contribution in [0.5, 0.6) is 0 Å². The molecule has 4 heteroatoms. The number of hydrogen-bond donors (Lipinski definition) is 0. The second-order valence-electron chi connectivity index (χ2n) is 2.18. The van der Waals surface area contributed by atoms with Crippen molar-refractivity contribution in [1.29, 1.82) is 0 Å². The first-order valence-electron chi connectivity index (χ1n) is 2.95. The summed E-state index contributed by atoms with van der Waals surface area (Å²) in [4.78, 5) is 10.9. The van der Waals surface area contributed by atoms with Gasteiger partial charge in [-0.1, -0.05) is 30.3 Å². The van der Waals surface area contributed by atoms with Gasteiger partial charge in [0.1, 0.15) is 0 Å². The number of hydrogen-bond acceptors (Lipinski definition) is 2. The van der Waals surface area contributed by atoms with Crippen LogP contribution in [0, 0.1) is 0 Å². The van der Waals surface area contributed by atoms with Crippen molar-refractivity contribution < 1.29 is 60.8 Å². The van der Waals surface area contributed by atoms with Crippen molar-refractivity contribution in [2.75, 3.05) is 6.66 Å². The second kappa shape index (κ2) is 4.92. The van der Waals surface area contributed by atoms with E-state index >= 15 is 0 Å². The minimum atomic E-state index is -3.27. The molecule has 0 heterocycles. The fourth-order valence-corrected chi connectivity index (χ4v) is 1.41. The summed E-state index contributed by atoms with van der Waals surface area (Å²) in [5, 5.41) is 0.398. The first-order valence-corrected chi connectivity index (χ1v) is 5.02. The predicted octanol–water partition coefficient (Wildman–Crippen LogP) is -2.42. The topological polar surface area (TPSA) is 40.1 Å². The Labute approximate surface area is 109 Å². The van der Waals surface area contributed by atoms with Crippen molar-refractivity contribution in [1.82, 2.24) is 0 Å². The fraction of sp³-hybridized carbons (Fsp3) is 0.143. The summed E-state index contributed by atoms with van der Waals surface area (Å²) in [7, 11) is -3.27. The van der Waals surface area contributed by atoms with Crippen molar-refractivity contribution in [2.24, 2.45) is 0 Å². The Morgan fingerprint density at radius 1 is 1.27 bits per heavy atom. The van der Waals surface area contributed by atoms with Crippen molar-refractivity contribution in [3.63, 3.8) is 0 Å². The zero-order chi connectivity index (χ0) is 7.61. The van der Waals surface area contributed by atoms with Crippen LogP contribution < -0.4 is 61.6 Å². The molecular formula is C7H8KO2P. The van der Waals surface area contributed by atoms with Crippen LogP contribution in [0.3, 0.4) is 0 Å². The van der Waals surface area contributed by atoms with Gasteiger partial charge in [-0.2, -0.15) is 0 Å². The number of benzene rings is 1. The van der Waals surface area contributed by atoms with Crippen LogP contribution in [0.2, 0.25) is 0 Å². The van der Waals surface area contributed by atoms with E-state index in [0.29, 0.717) is 5.30 Å². The van der Waals surface area contributed by atoms with Gasteiger partial charge < -0.3 is 9.46 Å². The molecule has 0 amide bonds. The molecule has 0 saturated carbocycles. The molecule has 0 aliphatic heterocycles. The standard InChI is InChI=1S/C7H9O2P.K/c1-10(8,9)7-5-3-2-4-6-7;/h2-6H,1H3,(H,8,9);/q;+1/p-1. The first kappa shape index (κ1) is 12.0. The summed E-state index contributed by atoms with van der Waals surface area (Å²) in [5.41, 5.74) is 0. The molecule has 1 rings (SSSR count). The van der Waals surface area contributed by atoms with E-state index in [0.717, 1.165) is 0 Å². The van der Waals surface area contributed by atoms with Gasteiger partial charge in [0.15, 0.2) is 0 Å². The van der Waals surface area contributed by atoms with Gasteiger partial charge in [0.25, 0.3) is 0 Å². The molecule has 0 aliphatic rings. The van der Waals surface area contributed by atoms with Crippen LogP contribution in [-0.2, 0) is 4.57 Å². The molecule has 0 aliphatic carbocycles. The van der Waals surface area contributed by atoms with E-state index in [1.54, 1.807) is 30.3 Å². The molecule has 11 heavy (non-hydrogen) atoms. The van der Waals surface area contributed by atoms with Crippen molar-refractivity contribution in [2.45, 2.75) is 0 Å². The third-order valence-corrected chi connectivity index (χ3v) is 2.46. The third kappa shape index (κ3) is 3.99. The van der Waals surface area contributed by atoms with E-state index in [1.807, 2.05) is 0 Å². The second-order valence-corrected chi connectivity index (χ2v) is 4.39. The predicted molar refractivity (Wildman–Crippen MR) is 39.6 cm³/mol. The van der Waals surface area contributed by atoms with E-state index in [1.165, 1.54) is 6.66 Å². The van der Waals surface area contributed by atoms with E-state index in [9.17, 15) is 9.46 Å². The Kier molecular flexibility index (Phi) is 5.39. The molecule has 1 aromatic carbocycles. The molecule has 0 bridgehead atoms. The molecule has 0 spiro atoms. The summed E-state index contributed by atoms with van der Waals surface area (Å²) < 4.78 is 10.9. The molecule has 2 nitrogen and oxygen atoms in total. The molecule has 54 valence electrons. The van der Waals surface area contributed by atoms with Crippen molar-refractivity contribution >= 4 is 12.7 Å². The molecule has 1 atom stereocenters. The molecule has 0 saturated heterocycles. The molecular weight excluding hydrogens is 186 g/mol. The van der Waals surface area contributed by atoms with Crippen LogP contribution in [0.4, 0.5) is 0 Å². The Morgan fingerprint density at radius 3 is 2.00 bits per heavy atom. The maximum absolute atomic E-state index is 10.9. The summed E-state index contributed by atoms with van der Waals surface area (Å²) in [6, 6.07) is 8.40. The summed E-state index contributed by atoms with van der Waals surface area (Å²) in [6.45, 7) is 1.22. The monoisotopic (exact) mass is 194 g/mol. The quantitative estimate of drug-likeness (QED) is 0.369. The normalized spacial score (nSPS) is 14.7. The average molecular weight is 194 g/mol. The first-order chi connectivity index (χ1) is 4.61. The average Bonchev–Trinajstić information content (AvgIpc) is 1.88. The third-order valence-electron chi connectivity index (χ3n) is 1.23. The van der Waals surface area contributed by atoms with Crippen LogP contribution in [0.25, 0.3) is 0 Å². The number of rotatable bonds is 1. The van der Waals surface area contributed by atoms with Gasteiger partial charge in [-0.25, -0.2) is 0 Å². The van der Waals surface area contributed by atoms with Gasteiger partial charge in [-0.3, -0.25) is 0 Å². The maximum atomic E-state index is 10.9. The zero-order valence-corrected chi connectivity index (χ0v) is 10.7. The Bertz CT molecular complexity index is 254. The van der Waals surface area contributed by atoms with E-state index in [4.69, 9.17) is 0 Å². The summed E-state index contributed by atoms with van der Waals surface area (Å²) in [6.07, 6.45) is 0. The van der Waals surface area contributed by atoms with E-state index < -0.39 is 7.37 Å². The Morgan fingerprint density at radius 2 is 1.73 bits per heavy atom. The largest absolute Gasteiger partial charge is 1.00 e. The van der Waals surface area contributed by atoms with Crippen molar-refractivity contribution in [3.05, 3.63) is 30.3 Å². The van der Waals surface area contributed by atoms with Crippen LogP contribution in [0.15, 0.2) is 30.3 Å². The van der Waals surface area contributed by atoms with E-state index in [-0.39, 0.29) is 51.4 Å². The fourth-order valence-electron chi connectivity index (χ4n) is 0.699. The van der Waals surface area contributed by atoms with E-state index in [2.05, 4.69) is 0 Å². The smallest absolute Gasteiger partial charge is 0.796 e. The van der Waals surface area contributed by atoms with Gasteiger partial charge in [-0.15, -0.1) is 0 Å². The summed E-state index contributed by atoms with van der Waals surface area (Å²) in [5.74, 6) is 0. The van der Waals surface area contributed by atoms with Gasteiger partial charge >= 0.3 is 51.4 Å². The molecule has 0 radical (unpaired) electrons. The van der Waals surface area contributed by atoms with Crippen LogP contribution in [-0.4, -0.2) is 6.66 Å². The van der Waals surface area contributed by atoms with Gasteiger partial charge in [-0.05, 0) is 12.0 Å². The summed E-state index contributed by atoms with van der Waals surface area (Å²) >= 11 is 0. The molecule has 0 aromatic heterocycles. The van der Waals surface area contributed by atoms with Crippen LogP contribution >= 0.6 is 7.37 Å².